The quantitative estimate of drug-likeness (QED) is 0.467. The molecule has 2 aromatic carbocycles. The second-order valence-electron chi connectivity index (χ2n) is 9.05. The van der Waals surface area contributed by atoms with E-state index in [1.165, 1.54) is 17.8 Å². The lowest BCUT2D eigenvalue weighted by molar-refractivity contribution is 0.0945. The first kappa shape index (κ1) is 21.0. The lowest BCUT2D eigenvalue weighted by Crippen LogP contribution is -2.33. The first-order valence-corrected chi connectivity index (χ1v) is 12.5. The highest BCUT2D eigenvalue weighted by Crippen LogP contribution is 2.48. The maximum Gasteiger partial charge on any atom is 0.267 e. The summed E-state index contributed by atoms with van der Waals surface area (Å²) in [5.41, 5.74) is 2.51. The van der Waals surface area contributed by atoms with E-state index in [1.807, 2.05) is 48.5 Å². The molecule has 3 N–H and O–H groups in total. The van der Waals surface area contributed by atoms with Crippen LogP contribution < -0.4 is 10.0 Å². The summed E-state index contributed by atoms with van der Waals surface area (Å²) in [6.45, 7) is 0.889. The predicted molar refractivity (Wildman–Crippen MR) is 123 cm³/mol. The normalized spacial score (nSPS) is 18.1. The molecule has 1 amide bonds. The summed E-state index contributed by atoms with van der Waals surface area (Å²) >= 11 is 0. The van der Waals surface area contributed by atoms with Gasteiger partial charge in [-0.2, -0.15) is 0 Å². The Kier molecular flexibility index (Phi) is 5.18. The van der Waals surface area contributed by atoms with Crippen molar-refractivity contribution in [2.24, 2.45) is 0 Å². The number of H-pyrrole nitrogens is 1. The molecule has 0 atom stereocenters. The van der Waals surface area contributed by atoms with Gasteiger partial charge in [0.15, 0.2) is 0 Å². The molecular formula is C25H27N3O3S. The molecule has 1 aromatic heterocycles. The molecule has 5 rings (SSSR count). The van der Waals surface area contributed by atoms with Crippen LogP contribution in [0.4, 0.5) is 0 Å². The molecule has 6 nitrogen and oxygen atoms in total. The summed E-state index contributed by atoms with van der Waals surface area (Å²) in [4.78, 5) is 15.5. The van der Waals surface area contributed by atoms with Crippen molar-refractivity contribution in [3.05, 3.63) is 89.7 Å². The molecule has 0 radical (unpaired) electrons. The fourth-order valence-corrected chi connectivity index (χ4v) is 5.46. The van der Waals surface area contributed by atoms with Crippen molar-refractivity contribution in [1.29, 1.82) is 0 Å². The Hall–Kier alpha value is -2.90. The number of hydrogen-bond acceptors (Lipinski definition) is 3. The molecule has 166 valence electrons. The summed E-state index contributed by atoms with van der Waals surface area (Å²) in [5, 5.41) is 2.97. The van der Waals surface area contributed by atoms with Gasteiger partial charge in [0.2, 0.25) is 10.0 Å². The zero-order chi connectivity index (χ0) is 22.2. The van der Waals surface area contributed by atoms with Gasteiger partial charge in [-0.3, -0.25) is 4.79 Å². The Morgan fingerprint density at radius 3 is 1.91 bits per heavy atom. The molecule has 1 heterocycles. The molecule has 2 aliphatic rings. The monoisotopic (exact) mass is 449 g/mol. The summed E-state index contributed by atoms with van der Waals surface area (Å²) in [6, 6.07) is 21.6. The minimum atomic E-state index is -3.71. The van der Waals surface area contributed by atoms with E-state index in [-0.39, 0.29) is 27.3 Å². The van der Waals surface area contributed by atoms with E-state index in [0.717, 1.165) is 31.2 Å². The third-order valence-electron chi connectivity index (χ3n) is 6.88. The molecule has 0 spiro atoms. The van der Waals surface area contributed by atoms with Crippen LogP contribution in [0.1, 0.15) is 47.3 Å². The highest BCUT2D eigenvalue weighted by Gasteiger charge is 2.45. The summed E-state index contributed by atoms with van der Waals surface area (Å²) in [5.74, 6) is -0.295. The van der Waals surface area contributed by atoms with E-state index in [1.54, 1.807) is 0 Å². The number of aromatic nitrogens is 1. The van der Waals surface area contributed by atoms with Gasteiger partial charge < -0.3 is 10.3 Å². The Bertz CT molecular complexity index is 1210. The Balaban J connectivity index is 1.21. The highest BCUT2D eigenvalue weighted by atomic mass is 32.2. The first-order chi connectivity index (χ1) is 15.4. The zero-order valence-electron chi connectivity index (χ0n) is 17.8. The fraction of sp³-hybridized carbons (Fsp3) is 0.320. The van der Waals surface area contributed by atoms with E-state index in [4.69, 9.17) is 0 Å². The molecular weight excluding hydrogens is 422 g/mol. The van der Waals surface area contributed by atoms with E-state index in [0.29, 0.717) is 13.1 Å². The number of aromatic amines is 1. The number of hydrogen-bond donors (Lipinski definition) is 3. The molecule has 0 aliphatic heterocycles. The standard InChI is InChI=1S/C25H27N3O3S/c29-23(27-17-24(11-12-24)19-7-3-1-4-8-19)22-15-21(16-26-22)32(30,31)28-18-25(13-14-25)20-9-5-2-6-10-20/h1-10,15-16,26,28H,11-14,17-18H2,(H,27,29). The lowest BCUT2D eigenvalue weighted by atomic mass is 9.96. The van der Waals surface area contributed by atoms with Crippen molar-refractivity contribution < 1.29 is 13.2 Å². The van der Waals surface area contributed by atoms with Gasteiger partial charge in [0.1, 0.15) is 10.6 Å². The molecule has 0 saturated heterocycles. The predicted octanol–water partition coefficient (Wildman–Crippen LogP) is 3.49. The minimum Gasteiger partial charge on any atom is -0.356 e. The lowest BCUT2D eigenvalue weighted by Gasteiger charge is -2.16. The summed E-state index contributed by atoms with van der Waals surface area (Å²) < 4.78 is 28.4. The third-order valence-corrected chi connectivity index (χ3v) is 8.26. The smallest absolute Gasteiger partial charge is 0.267 e. The zero-order valence-corrected chi connectivity index (χ0v) is 18.6. The van der Waals surface area contributed by atoms with Gasteiger partial charge in [-0.25, -0.2) is 13.1 Å². The van der Waals surface area contributed by atoms with E-state index in [9.17, 15) is 13.2 Å². The number of carbonyl (C=O) groups is 1. The SMILES string of the molecule is O=C(NCC1(c2ccccc2)CC1)c1cc(S(=O)(=O)NCC2(c3ccccc3)CC2)c[nH]1. The molecule has 2 fully saturated rings. The van der Waals surface area contributed by atoms with Gasteiger partial charge in [0.25, 0.3) is 5.91 Å². The number of amides is 1. The molecule has 0 unspecified atom stereocenters. The van der Waals surface area contributed by atoms with Gasteiger partial charge in [-0.15, -0.1) is 0 Å². The van der Waals surface area contributed by atoms with Crippen LogP contribution in [0.5, 0.6) is 0 Å². The third kappa shape index (κ3) is 4.10. The van der Waals surface area contributed by atoms with Crippen LogP contribution in [0.25, 0.3) is 0 Å². The van der Waals surface area contributed by atoms with E-state index in [2.05, 4.69) is 27.2 Å². The number of carbonyl (C=O) groups excluding carboxylic acids is 1. The van der Waals surface area contributed by atoms with Gasteiger partial charge in [-0.05, 0) is 42.9 Å². The molecule has 2 saturated carbocycles. The van der Waals surface area contributed by atoms with Crippen LogP contribution >= 0.6 is 0 Å². The highest BCUT2D eigenvalue weighted by molar-refractivity contribution is 7.89. The van der Waals surface area contributed by atoms with Crippen molar-refractivity contribution in [3.8, 4) is 0 Å². The topological polar surface area (TPSA) is 91.1 Å². The fourth-order valence-electron chi connectivity index (χ4n) is 4.34. The van der Waals surface area contributed by atoms with Crippen molar-refractivity contribution >= 4 is 15.9 Å². The molecule has 0 bridgehead atoms. The van der Waals surface area contributed by atoms with Gasteiger partial charge in [0, 0.05) is 30.1 Å². The Morgan fingerprint density at radius 1 is 0.844 bits per heavy atom. The summed E-state index contributed by atoms with van der Waals surface area (Å²) in [6.07, 6.45) is 5.37. The minimum absolute atomic E-state index is 0.00397. The van der Waals surface area contributed by atoms with Gasteiger partial charge in [0.05, 0.1) is 0 Å². The Morgan fingerprint density at radius 2 is 1.38 bits per heavy atom. The van der Waals surface area contributed by atoms with Gasteiger partial charge >= 0.3 is 0 Å². The van der Waals surface area contributed by atoms with Crippen molar-refractivity contribution in [1.82, 2.24) is 15.0 Å². The molecule has 2 aliphatic carbocycles. The van der Waals surface area contributed by atoms with Gasteiger partial charge in [-0.1, -0.05) is 60.7 Å². The van der Waals surface area contributed by atoms with Crippen LogP contribution in [0, 0.1) is 0 Å². The maximum absolute atomic E-state index is 12.8. The Labute approximate surface area is 188 Å². The molecule has 32 heavy (non-hydrogen) atoms. The van der Waals surface area contributed by atoms with E-state index >= 15 is 0 Å². The number of rotatable bonds is 9. The average molecular weight is 450 g/mol. The molecule has 3 aromatic rings. The summed E-state index contributed by atoms with van der Waals surface area (Å²) in [7, 11) is -3.71. The maximum atomic E-state index is 12.8. The second-order valence-corrected chi connectivity index (χ2v) is 10.8. The van der Waals surface area contributed by atoms with Crippen molar-refractivity contribution in [3.63, 3.8) is 0 Å². The van der Waals surface area contributed by atoms with Crippen molar-refractivity contribution in [2.75, 3.05) is 13.1 Å². The molecule has 7 heteroatoms. The largest absolute Gasteiger partial charge is 0.356 e. The van der Waals surface area contributed by atoms with Crippen LogP contribution in [0.15, 0.2) is 77.8 Å². The van der Waals surface area contributed by atoms with Crippen LogP contribution in [-0.2, 0) is 20.9 Å². The number of sulfonamides is 1. The van der Waals surface area contributed by atoms with Crippen LogP contribution in [-0.4, -0.2) is 32.4 Å². The van der Waals surface area contributed by atoms with Crippen molar-refractivity contribution in [2.45, 2.75) is 41.4 Å². The number of benzene rings is 2. The second kappa shape index (κ2) is 7.90. The van der Waals surface area contributed by atoms with Crippen LogP contribution in [0.3, 0.4) is 0 Å². The van der Waals surface area contributed by atoms with E-state index < -0.39 is 10.0 Å². The first-order valence-electron chi connectivity index (χ1n) is 11.0. The number of nitrogens with one attached hydrogen (secondary N) is 3. The van der Waals surface area contributed by atoms with Crippen LogP contribution in [0.2, 0.25) is 0 Å². The average Bonchev–Trinajstić information content (AvgIpc) is 3.74.